The molecule has 2 rings (SSSR count). The van der Waals surface area contributed by atoms with Gasteiger partial charge in [-0.3, -0.25) is 0 Å². The fourth-order valence-corrected chi connectivity index (χ4v) is 2.92. The molecule has 1 aromatic rings. The number of aliphatic hydroxyl groups is 1. The van der Waals surface area contributed by atoms with E-state index >= 15 is 0 Å². The highest BCUT2D eigenvalue weighted by Crippen LogP contribution is 2.37. The molecule has 16 heavy (non-hydrogen) atoms. The van der Waals surface area contributed by atoms with Crippen molar-refractivity contribution in [2.24, 2.45) is 5.92 Å². The lowest BCUT2D eigenvalue weighted by molar-refractivity contribution is 0.111. The van der Waals surface area contributed by atoms with Gasteiger partial charge in [0, 0.05) is 4.47 Å². The molecule has 0 saturated heterocycles. The maximum Gasteiger partial charge on any atom is 0.0818 e. The van der Waals surface area contributed by atoms with E-state index in [2.05, 4.69) is 41.9 Å². The minimum Gasteiger partial charge on any atom is -0.388 e. The largest absolute Gasteiger partial charge is 0.388 e. The van der Waals surface area contributed by atoms with E-state index in [1.807, 2.05) is 0 Å². The molecule has 1 N–H and O–H groups in total. The van der Waals surface area contributed by atoms with Crippen molar-refractivity contribution in [1.82, 2.24) is 0 Å². The van der Waals surface area contributed by atoms with E-state index in [-0.39, 0.29) is 6.10 Å². The van der Waals surface area contributed by atoms with Crippen molar-refractivity contribution in [2.75, 3.05) is 0 Å². The van der Waals surface area contributed by atoms with Gasteiger partial charge in [-0.2, -0.15) is 0 Å². The molecule has 1 aromatic carbocycles. The van der Waals surface area contributed by atoms with Crippen molar-refractivity contribution in [3.8, 4) is 0 Å². The molecule has 1 atom stereocenters. The zero-order valence-corrected chi connectivity index (χ0v) is 11.5. The van der Waals surface area contributed by atoms with E-state index < -0.39 is 0 Å². The summed E-state index contributed by atoms with van der Waals surface area (Å²) in [7, 11) is 0. The van der Waals surface area contributed by atoms with Crippen molar-refractivity contribution in [3.05, 3.63) is 33.3 Å². The Labute approximate surface area is 106 Å². The van der Waals surface area contributed by atoms with E-state index in [4.69, 9.17) is 0 Å². The lowest BCUT2D eigenvalue weighted by Crippen LogP contribution is -2.09. The Balaban J connectivity index is 2.26. The van der Waals surface area contributed by atoms with Crippen molar-refractivity contribution < 1.29 is 5.11 Å². The predicted octanol–water partition coefficient (Wildman–Crippen LogP) is 4.29. The van der Waals surface area contributed by atoms with Crippen LogP contribution in [0.15, 0.2) is 16.6 Å². The topological polar surface area (TPSA) is 20.2 Å². The van der Waals surface area contributed by atoms with E-state index in [9.17, 15) is 5.11 Å². The second kappa shape index (κ2) is 4.89. The molecule has 1 nitrogen and oxygen atoms in total. The van der Waals surface area contributed by atoms with Gasteiger partial charge < -0.3 is 5.11 Å². The molecule has 1 fully saturated rings. The molecular formula is C14H19BrO. The summed E-state index contributed by atoms with van der Waals surface area (Å²) >= 11 is 3.56. The monoisotopic (exact) mass is 282 g/mol. The molecule has 0 amide bonds. The molecule has 1 aliphatic carbocycles. The summed E-state index contributed by atoms with van der Waals surface area (Å²) in [5.41, 5.74) is 3.52. The maximum absolute atomic E-state index is 10.3. The van der Waals surface area contributed by atoms with Gasteiger partial charge in [0.15, 0.2) is 0 Å². The molecule has 2 heteroatoms. The first-order valence-corrected chi connectivity index (χ1v) is 6.83. The van der Waals surface area contributed by atoms with Gasteiger partial charge in [-0.05, 0) is 49.3 Å². The lowest BCUT2D eigenvalue weighted by atomic mass is 9.92. The van der Waals surface area contributed by atoms with Crippen LogP contribution in [0.5, 0.6) is 0 Å². The third kappa shape index (κ3) is 2.33. The van der Waals surface area contributed by atoms with Crippen molar-refractivity contribution >= 4 is 15.9 Å². The van der Waals surface area contributed by atoms with E-state index in [0.717, 1.165) is 10.0 Å². The Bertz CT molecular complexity index is 357. The molecule has 0 aromatic heterocycles. The normalized spacial score (nSPS) is 19.0. The highest BCUT2D eigenvalue weighted by Gasteiger charge is 2.24. The van der Waals surface area contributed by atoms with Crippen LogP contribution in [0.25, 0.3) is 0 Å². The molecule has 88 valence electrons. The number of rotatable bonds is 2. The van der Waals surface area contributed by atoms with Crippen LogP contribution in [0.2, 0.25) is 0 Å². The summed E-state index contributed by atoms with van der Waals surface area (Å²) in [6, 6.07) is 4.22. The van der Waals surface area contributed by atoms with Gasteiger partial charge in [0.1, 0.15) is 0 Å². The van der Waals surface area contributed by atoms with Crippen LogP contribution in [0, 0.1) is 19.8 Å². The Morgan fingerprint density at radius 1 is 1.19 bits per heavy atom. The Morgan fingerprint density at radius 2 is 1.69 bits per heavy atom. The number of hydrogen-bond acceptors (Lipinski definition) is 1. The van der Waals surface area contributed by atoms with Gasteiger partial charge >= 0.3 is 0 Å². The van der Waals surface area contributed by atoms with Crippen LogP contribution in [0.4, 0.5) is 0 Å². The summed E-state index contributed by atoms with van der Waals surface area (Å²) < 4.78 is 1.16. The Morgan fingerprint density at radius 3 is 2.19 bits per heavy atom. The summed E-state index contributed by atoms with van der Waals surface area (Å²) in [4.78, 5) is 0. The van der Waals surface area contributed by atoms with Crippen LogP contribution >= 0.6 is 15.9 Å². The molecule has 0 radical (unpaired) electrons. The number of aryl methyl sites for hydroxylation is 2. The minimum atomic E-state index is -0.270. The smallest absolute Gasteiger partial charge is 0.0818 e. The van der Waals surface area contributed by atoms with E-state index in [1.165, 1.54) is 36.8 Å². The standard InChI is InChI=1S/C14H19BrO/c1-9-7-12(8-10(2)13(9)15)14(16)11-5-3-4-6-11/h7-8,11,14,16H,3-6H2,1-2H3. The van der Waals surface area contributed by atoms with Gasteiger partial charge in [0.2, 0.25) is 0 Å². The molecule has 1 unspecified atom stereocenters. The van der Waals surface area contributed by atoms with Crippen LogP contribution in [-0.4, -0.2) is 5.11 Å². The van der Waals surface area contributed by atoms with Crippen LogP contribution in [0.1, 0.15) is 48.5 Å². The fourth-order valence-electron chi connectivity index (χ4n) is 2.70. The summed E-state index contributed by atoms with van der Waals surface area (Å²) in [6.07, 6.45) is 4.63. The van der Waals surface area contributed by atoms with Gasteiger partial charge in [0.05, 0.1) is 6.10 Å². The number of hydrogen-bond donors (Lipinski definition) is 1. The van der Waals surface area contributed by atoms with Crippen LogP contribution < -0.4 is 0 Å². The number of halogens is 1. The van der Waals surface area contributed by atoms with Gasteiger partial charge in [-0.15, -0.1) is 0 Å². The molecule has 0 spiro atoms. The Hall–Kier alpha value is -0.340. The minimum absolute atomic E-state index is 0.270. The second-order valence-electron chi connectivity index (χ2n) is 4.96. The zero-order chi connectivity index (χ0) is 11.7. The average molecular weight is 283 g/mol. The quantitative estimate of drug-likeness (QED) is 0.858. The molecule has 0 aliphatic heterocycles. The highest BCUT2D eigenvalue weighted by molar-refractivity contribution is 9.10. The first kappa shape index (κ1) is 12.1. The predicted molar refractivity (Wildman–Crippen MR) is 70.5 cm³/mol. The van der Waals surface area contributed by atoms with Crippen LogP contribution in [-0.2, 0) is 0 Å². The average Bonchev–Trinajstić information content (AvgIpc) is 2.77. The number of aliphatic hydroxyl groups excluding tert-OH is 1. The summed E-state index contributed by atoms with van der Waals surface area (Å²) in [5, 5.41) is 10.3. The fraction of sp³-hybridized carbons (Fsp3) is 0.571. The van der Waals surface area contributed by atoms with Crippen molar-refractivity contribution in [2.45, 2.75) is 45.6 Å². The van der Waals surface area contributed by atoms with E-state index in [0.29, 0.717) is 5.92 Å². The third-order valence-corrected chi connectivity index (χ3v) is 4.90. The van der Waals surface area contributed by atoms with E-state index in [1.54, 1.807) is 0 Å². The molecule has 0 heterocycles. The SMILES string of the molecule is Cc1cc(C(O)C2CCCC2)cc(C)c1Br. The van der Waals surface area contributed by atoms with Gasteiger partial charge in [-0.25, -0.2) is 0 Å². The Kier molecular flexibility index (Phi) is 3.70. The summed E-state index contributed by atoms with van der Waals surface area (Å²) in [5.74, 6) is 0.472. The van der Waals surface area contributed by atoms with Crippen molar-refractivity contribution in [1.29, 1.82) is 0 Å². The first-order valence-electron chi connectivity index (χ1n) is 6.04. The lowest BCUT2D eigenvalue weighted by Gasteiger charge is -2.19. The third-order valence-electron chi connectivity index (χ3n) is 3.65. The van der Waals surface area contributed by atoms with Crippen LogP contribution in [0.3, 0.4) is 0 Å². The van der Waals surface area contributed by atoms with Gasteiger partial charge in [0.25, 0.3) is 0 Å². The maximum atomic E-state index is 10.3. The zero-order valence-electron chi connectivity index (χ0n) is 9.96. The molecule has 0 bridgehead atoms. The molecular weight excluding hydrogens is 264 g/mol. The highest BCUT2D eigenvalue weighted by atomic mass is 79.9. The van der Waals surface area contributed by atoms with Crippen molar-refractivity contribution in [3.63, 3.8) is 0 Å². The van der Waals surface area contributed by atoms with Gasteiger partial charge in [-0.1, -0.05) is 40.9 Å². The molecule has 1 aliphatic rings. The number of benzene rings is 1. The first-order chi connectivity index (χ1) is 7.59. The molecule has 1 saturated carbocycles. The second-order valence-corrected chi connectivity index (χ2v) is 5.75. The summed E-state index contributed by atoms with van der Waals surface area (Å²) in [6.45, 7) is 4.17.